The molecule has 0 spiro atoms. The van der Waals surface area contributed by atoms with Crippen LogP contribution < -0.4 is 32.5 Å². The maximum atomic E-state index is 10.2. The molecule has 0 aliphatic heterocycles. The fourth-order valence-electron chi connectivity index (χ4n) is 1.60. The van der Waals surface area contributed by atoms with Crippen molar-refractivity contribution in [3.8, 4) is 0 Å². The Hall–Kier alpha value is -3.68. The lowest BCUT2D eigenvalue weighted by Gasteiger charge is -2.04. The quantitative estimate of drug-likeness (QED) is 0.322. The van der Waals surface area contributed by atoms with Crippen LogP contribution in [0.15, 0.2) is 48.5 Å². The summed E-state index contributed by atoms with van der Waals surface area (Å²) in [4.78, 5) is 20.4. The monoisotopic (exact) mass is 328 g/mol. The maximum Gasteiger partial charge on any atom is 0.270 e. The van der Waals surface area contributed by atoms with E-state index in [-0.39, 0.29) is 22.8 Å². The van der Waals surface area contributed by atoms with Gasteiger partial charge in [0, 0.05) is 0 Å². The predicted octanol–water partition coefficient (Wildman–Crippen LogP) is -4.97. The van der Waals surface area contributed by atoms with Crippen LogP contribution in [0, 0.1) is 0 Å². The van der Waals surface area contributed by atoms with E-state index in [0.717, 1.165) is 35.4 Å². The molecule has 2 rings (SSSR count). The van der Waals surface area contributed by atoms with Crippen LogP contribution in [-0.2, 0) is 0 Å². The number of rotatable bonds is 4. The number of carboxylic acids is 2. The third kappa shape index (κ3) is 5.26. The molecule has 0 aromatic heterocycles. The first kappa shape index (κ1) is 18.4. The molecule has 0 atom stereocenters. The molecule has 0 heterocycles. The Morgan fingerprint density at radius 2 is 0.833 bits per heavy atom. The van der Waals surface area contributed by atoms with Crippen LogP contribution in [0.1, 0.15) is 31.8 Å². The zero-order valence-corrected chi connectivity index (χ0v) is 12.6. The highest BCUT2D eigenvalue weighted by atomic mass is 16.4. The zero-order chi connectivity index (χ0) is 18.3. The number of nitrogens with two attached hydrogens (primary N) is 4. The lowest BCUT2D eigenvalue weighted by Crippen LogP contribution is -2.47. The van der Waals surface area contributed by atoms with Crippen LogP contribution >= 0.6 is 0 Å². The molecule has 24 heavy (non-hydrogen) atoms. The molecule has 2 aromatic rings. The third-order valence-corrected chi connectivity index (χ3v) is 2.91. The summed E-state index contributed by atoms with van der Waals surface area (Å²) in [7, 11) is 0. The SMILES string of the molecule is NC(=[NH2+])c1ccc(C(N)=[NH2+])cc1.O=C([O-])c1ccc(C(=O)[O-])cc1. The van der Waals surface area contributed by atoms with E-state index in [2.05, 4.69) is 0 Å². The minimum atomic E-state index is -1.33. The summed E-state index contributed by atoms with van der Waals surface area (Å²) >= 11 is 0. The Kier molecular flexibility index (Phi) is 6.19. The maximum absolute atomic E-state index is 10.2. The summed E-state index contributed by atoms with van der Waals surface area (Å²) in [5, 5.41) is 31.1. The molecule has 8 nitrogen and oxygen atoms in total. The summed E-state index contributed by atoms with van der Waals surface area (Å²) in [6.45, 7) is 0. The summed E-state index contributed by atoms with van der Waals surface area (Å²) in [6, 6.07) is 11.7. The lowest BCUT2D eigenvalue weighted by atomic mass is 10.1. The van der Waals surface area contributed by atoms with Crippen LogP contribution in [0.5, 0.6) is 0 Å². The number of benzene rings is 2. The highest BCUT2D eigenvalue weighted by molar-refractivity contribution is 5.96. The Morgan fingerprint density at radius 1 is 0.625 bits per heavy atom. The highest BCUT2D eigenvalue weighted by Gasteiger charge is 2.03. The van der Waals surface area contributed by atoms with Crippen molar-refractivity contribution in [2.75, 3.05) is 0 Å². The zero-order valence-electron chi connectivity index (χ0n) is 12.6. The van der Waals surface area contributed by atoms with Gasteiger partial charge < -0.3 is 19.8 Å². The molecule has 0 aliphatic rings. The van der Waals surface area contributed by atoms with Crippen molar-refractivity contribution in [2.24, 2.45) is 11.5 Å². The van der Waals surface area contributed by atoms with E-state index in [4.69, 9.17) is 22.3 Å². The summed E-state index contributed by atoms with van der Waals surface area (Å²) < 4.78 is 0. The van der Waals surface area contributed by atoms with Crippen LogP contribution in [0.4, 0.5) is 0 Å². The van der Waals surface area contributed by atoms with Gasteiger partial charge in [0.15, 0.2) is 0 Å². The van der Waals surface area contributed by atoms with Crippen molar-refractivity contribution in [1.29, 1.82) is 0 Å². The molecule has 0 saturated carbocycles. The summed E-state index contributed by atoms with van der Waals surface area (Å²) in [5.74, 6) is -2.09. The molecular weight excluding hydrogens is 312 g/mol. The van der Waals surface area contributed by atoms with Gasteiger partial charge in [0.2, 0.25) is 0 Å². The lowest BCUT2D eigenvalue weighted by molar-refractivity contribution is -0.256. The number of carbonyl (C=O) groups excluding carboxylic acids is 2. The van der Waals surface area contributed by atoms with E-state index in [9.17, 15) is 19.8 Å². The average Bonchev–Trinajstić information content (AvgIpc) is 2.55. The van der Waals surface area contributed by atoms with Crippen LogP contribution in [0.3, 0.4) is 0 Å². The minimum Gasteiger partial charge on any atom is -0.545 e. The number of amidine groups is 2. The van der Waals surface area contributed by atoms with Crippen molar-refractivity contribution < 1.29 is 30.6 Å². The van der Waals surface area contributed by atoms with E-state index in [0.29, 0.717) is 0 Å². The van der Waals surface area contributed by atoms with Crippen LogP contribution in [0.25, 0.3) is 0 Å². The normalized spacial score (nSPS) is 9.33. The predicted molar refractivity (Wildman–Crippen MR) is 82.0 cm³/mol. The van der Waals surface area contributed by atoms with Gasteiger partial charge in [-0.2, -0.15) is 0 Å². The number of hydrogen-bond donors (Lipinski definition) is 4. The van der Waals surface area contributed by atoms with Gasteiger partial charge in [-0.25, -0.2) is 0 Å². The summed E-state index contributed by atoms with van der Waals surface area (Å²) in [6.07, 6.45) is 0. The first-order chi connectivity index (χ1) is 11.2. The molecule has 0 unspecified atom stereocenters. The van der Waals surface area contributed by atoms with E-state index < -0.39 is 11.9 Å². The van der Waals surface area contributed by atoms with Gasteiger partial charge in [0.1, 0.15) is 0 Å². The van der Waals surface area contributed by atoms with E-state index in [1.807, 2.05) is 0 Å². The number of carboxylic acid groups (broad SMARTS) is 2. The van der Waals surface area contributed by atoms with E-state index in [1.165, 1.54) is 0 Å². The Labute approximate surface area is 137 Å². The largest absolute Gasteiger partial charge is 0.545 e. The molecule has 0 saturated heterocycles. The Bertz CT molecular complexity index is 634. The van der Waals surface area contributed by atoms with Crippen molar-refractivity contribution in [3.63, 3.8) is 0 Å². The standard InChI is InChI=1S/C8H10N4.C8H6O4/c2*9-7(10)5-1-2-6(4-3-5)8(11)12/h1-4H,(H3,9,10)(H3,11,12);1-4H,(H,9,10)(H,11,12). The molecule has 8 heteroatoms. The van der Waals surface area contributed by atoms with E-state index >= 15 is 0 Å². The first-order valence-corrected chi connectivity index (χ1v) is 6.61. The van der Waals surface area contributed by atoms with Gasteiger partial charge in [-0.15, -0.1) is 0 Å². The molecule has 0 amide bonds. The second kappa shape index (κ2) is 8.08. The Balaban J connectivity index is 0.000000240. The van der Waals surface area contributed by atoms with Crippen molar-refractivity contribution in [2.45, 2.75) is 0 Å². The molecule has 0 aliphatic carbocycles. The highest BCUT2D eigenvalue weighted by Crippen LogP contribution is 2.02. The molecular formula is C16H16N4O4. The second-order valence-electron chi connectivity index (χ2n) is 4.64. The van der Waals surface area contributed by atoms with Gasteiger partial charge in [0.05, 0.1) is 23.1 Å². The van der Waals surface area contributed by atoms with E-state index in [1.54, 1.807) is 24.3 Å². The van der Waals surface area contributed by atoms with Gasteiger partial charge in [-0.3, -0.25) is 22.3 Å². The number of carbonyl (C=O) groups is 2. The van der Waals surface area contributed by atoms with Crippen molar-refractivity contribution in [3.05, 3.63) is 70.8 Å². The fourth-order valence-corrected chi connectivity index (χ4v) is 1.60. The molecule has 2 aromatic carbocycles. The smallest absolute Gasteiger partial charge is 0.270 e. The van der Waals surface area contributed by atoms with Gasteiger partial charge >= 0.3 is 0 Å². The molecule has 0 bridgehead atoms. The molecule has 0 radical (unpaired) electrons. The average molecular weight is 328 g/mol. The second-order valence-corrected chi connectivity index (χ2v) is 4.64. The fraction of sp³-hybridized carbons (Fsp3) is 0. The van der Waals surface area contributed by atoms with Crippen LogP contribution in [-0.4, -0.2) is 23.6 Å². The molecule has 8 N–H and O–H groups in total. The number of aromatic carboxylic acids is 2. The van der Waals surface area contributed by atoms with Gasteiger partial charge in [0.25, 0.3) is 11.7 Å². The topological polar surface area (TPSA) is 183 Å². The number of hydrogen-bond acceptors (Lipinski definition) is 4. The van der Waals surface area contributed by atoms with Crippen LogP contribution in [0.2, 0.25) is 0 Å². The van der Waals surface area contributed by atoms with Crippen molar-refractivity contribution >= 4 is 23.6 Å². The third-order valence-electron chi connectivity index (χ3n) is 2.91. The molecule has 124 valence electrons. The first-order valence-electron chi connectivity index (χ1n) is 6.61. The Morgan fingerprint density at radius 3 is 1.00 bits per heavy atom. The summed E-state index contributed by atoms with van der Waals surface area (Å²) in [5.41, 5.74) is 12.2. The van der Waals surface area contributed by atoms with Crippen molar-refractivity contribution in [1.82, 2.24) is 0 Å². The minimum absolute atomic E-state index is 0.0556. The van der Waals surface area contributed by atoms with Gasteiger partial charge in [-0.05, 0) is 35.4 Å². The molecule has 0 fully saturated rings. The van der Waals surface area contributed by atoms with Gasteiger partial charge in [-0.1, -0.05) is 24.3 Å².